The van der Waals surface area contributed by atoms with E-state index in [4.69, 9.17) is 10.5 Å². The summed E-state index contributed by atoms with van der Waals surface area (Å²) in [4.78, 5) is 35.5. The molecule has 160 valence electrons. The molecule has 0 bridgehead atoms. The monoisotopic (exact) mass is 403 g/mol. The maximum absolute atomic E-state index is 12.2. The van der Waals surface area contributed by atoms with Crippen molar-refractivity contribution in [1.29, 1.82) is 0 Å². The van der Waals surface area contributed by atoms with E-state index in [0.29, 0.717) is 19.4 Å². The summed E-state index contributed by atoms with van der Waals surface area (Å²) in [5, 5.41) is 5.53. The number of benzene rings is 1. The first kappa shape index (κ1) is 22.7. The number of carbonyl (C=O) groups excluding carboxylic acids is 3. The Hall–Kier alpha value is -2.57. The van der Waals surface area contributed by atoms with Crippen molar-refractivity contribution in [1.82, 2.24) is 10.6 Å². The first-order valence-electron chi connectivity index (χ1n) is 10.6. The van der Waals surface area contributed by atoms with E-state index in [9.17, 15) is 14.4 Å². The molecule has 1 fully saturated rings. The minimum absolute atomic E-state index is 0.130. The molecule has 7 heteroatoms. The Bertz CT molecular complexity index is 645. The van der Waals surface area contributed by atoms with Crippen LogP contribution in [0.3, 0.4) is 0 Å². The molecule has 0 unspecified atom stereocenters. The van der Waals surface area contributed by atoms with Gasteiger partial charge in [-0.3, -0.25) is 9.59 Å². The number of amides is 3. The number of primary amides is 1. The lowest BCUT2D eigenvalue weighted by atomic mass is 9.83. The molecule has 1 aromatic rings. The number of ether oxygens (including phenoxy) is 1. The average Bonchev–Trinajstić information content (AvgIpc) is 2.74. The van der Waals surface area contributed by atoms with Crippen molar-refractivity contribution in [2.75, 3.05) is 6.54 Å². The molecule has 3 amide bonds. The maximum Gasteiger partial charge on any atom is 0.407 e. The van der Waals surface area contributed by atoms with Crippen molar-refractivity contribution >= 4 is 17.9 Å². The predicted octanol–water partition coefficient (Wildman–Crippen LogP) is 3.02. The van der Waals surface area contributed by atoms with Gasteiger partial charge in [0.25, 0.3) is 0 Å². The molecule has 7 nitrogen and oxygen atoms in total. The molecule has 0 radical (unpaired) electrons. The molecule has 0 aromatic heterocycles. The number of carbonyl (C=O) groups is 3. The summed E-state index contributed by atoms with van der Waals surface area (Å²) >= 11 is 0. The van der Waals surface area contributed by atoms with Crippen molar-refractivity contribution < 1.29 is 19.1 Å². The van der Waals surface area contributed by atoms with E-state index in [0.717, 1.165) is 44.1 Å². The van der Waals surface area contributed by atoms with Crippen molar-refractivity contribution in [2.24, 2.45) is 11.7 Å². The summed E-state index contributed by atoms with van der Waals surface area (Å²) in [5.74, 6) is -0.408. The zero-order valence-corrected chi connectivity index (χ0v) is 17.0. The molecular formula is C22H33N3O4. The van der Waals surface area contributed by atoms with Gasteiger partial charge in [0.05, 0.1) is 0 Å². The van der Waals surface area contributed by atoms with E-state index < -0.39 is 18.0 Å². The van der Waals surface area contributed by atoms with Gasteiger partial charge in [-0.2, -0.15) is 0 Å². The van der Waals surface area contributed by atoms with Crippen LogP contribution >= 0.6 is 0 Å². The van der Waals surface area contributed by atoms with Crippen LogP contribution in [0.4, 0.5) is 4.79 Å². The molecule has 0 heterocycles. The molecule has 1 aromatic carbocycles. The molecule has 29 heavy (non-hydrogen) atoms. The van der Waals surface area contributed by atoms with Crippen molar-refractivity contribution in [2.45, 2.75) is 70.4 Å². The highest BCUT2D eigenvalue weighted by atomic mass is 16.5. The van der Waals surface area contributed by atoms with Gasteiger partial charge in [0.2, 0.25) is 11.8 Å². The Morgan fingerprint density at radius 1 is 1.03 bits per heavy atom. The molecule has 1 aliphatic carbocycles. The van der Waals surface area contributed by atoms with Gasteiger partial charge in [0, 0.05) is 13.0 Å². The molecule has 1 atom stereocenters. The van der Waals surface area contributed by atoms with Crippen LogP contribution in [0.25, 0.3) is 0 Å². The summed E-state index contributed by atoms with van der Waals surface area (Å²) in [7, 11) is 0. The van der Waals surface area contributed by atoms with Crippen molar-refractivity contribution in [3.05, 3.63) is 35.9 Å². The van der Waals surface area contributed by atoms with Crippen LogP contribution in [0.2, 0.25) is 0 Å². The first-order chi connectivity index (χ1) is 14.1. The van der Waals surface area contributed by atoms with Crippen molar-refractivity contribution in [3.63, 3.8) is 0 Å². The predicted molar refractivity (Wildman–Crippen MR) is 111 cm³/mol. The number of nitrogens with two attached hydrogens (primary N) is 1. The first-order valence-corrected chi connectivity index (χ1v) is 10.6. The highest BCUT2D eigenvalue weighted by molar-refractivity contribution is 5.86. The lowest BCUT2D eigenvalue weighted by Gasteiger charge is -2.28. The molecule has 0 aliphatic heterocycles. The summed E-state index contributed by atoms with van der Waals surface area (Å²) in [6.45, 7) is 0.746. The standard InChI is InChI=1S/C22H33N3O4/c23-21(27)20(18-12-6-2-7-13-18)25-19(26)14-8-3-9-15-24-22(28)29-16-17-10-4-1-5-11-17/h1,4-5,10-11,18,20H,2-3,6-9,12-16H2,(H2,23,27)(H,24,28)(H,25,26)/t20-/m1/s1. The fraction of sp³-hybridized carbons (Fsp3) is 0.591. The van der Waals surface area contributed by atoms with Crippen molar-refractivity contribution in [3.8, 4) is 0 Å². The molecular weight excluding hydrogens is 370 g/mol. The molecule has 1 saturated carbocycles. The highest BCUT2D eigenvalue weighted by Gasteiger charge is 2.28. The van der Waals surface area contributed by atoms with Gasteiger partial charge < -0.3 is 21.1 Å². The number of unbranched alkanes of at least 4 members (excludes halogenated alkanes) is 2. The maximum atomic E-state index is 12.2. The van der Waals surface area contributed by atoms with E-state index in [1.165, 1.54) is 6.42 Å². The van der Waals surface area contributed by atoms with E-state index in [2.05, 4.69) is 10.6 Å². The van der Waals surface area contributed by atoms with Crippen LogP contribution in [0.1, 0.15) is 63.4 Å². The summed E-state index contributed by atoms with van der Waals surface area (Å²) in [6.07, 6.45) is 7.42. The minimum atomic E-state index is -0.552. The fourth-order valence-corrected chi connectivity index (χ4v) is 3.69. The third kappa shape index (κ3) is 8.98. The quantitative estimate of drug-likeness (QED) is 0.493. The van der Waals surface area contributed by atoms with Crippen LogP contribution in [-0.2, 0) is 20.9 Å². The number of hydrogen-bond donors (Lipinski definition) is 3. The van der Waals surface area contributed by atoms with Gasteiger partial charge in [-0.15, -0.1) is 0 Å². The number of alkyl carbamates (subject to hydrolysis) is 1. The van der Waals surface area contributed by atoms with E-state index in [-0.39, 0.29) is 18.4 Å². The zero-order valence-electron chi connectivity index (χ0n) is 17.0. The Balaban J connectivity index is 1.53. The van der Waals surface area contributed by atoms with E-state index in [1.54, 1.807) is 0 Å². The number of nitrogens with one attached hydrogen (secondary N) is 2. The third-order valence-corrected chi connectivity index (χ3v) is 5.31. The second-order valence-electron chi connectivity index (χ2n) is 7.64. The fourth-order valence-electron chi connectivity index (χ4n) is 3.69. The Morgan fingerprint density at radius 2 is 1.76 bits per heavy atom. The van der Waals surface area contributed by atoms with E-state index >= 15 is 0 Å². The highest BCUT2D eigenvalue weighted by Crippen LogP contribution is 2.26. The zero-order chi connectivity index (χ0) is 20.9. The number of rotatable bonds is 11. The van der Waals surface area contributed by atoms with Gasteiger partial charge >= 0.3 is 6.09 Å². The second-order valence-corrected chi connectivity index (χ2v) is 7.64. The smallest absolute Gasteiger partial charge is 0.407 e. The normalized spacial score (nSPS) is 15.3. The summed E-state index contributed by atoms with van der Waals surface area (Å²) in [5.41, 5.74) is 6.44. The van der Waals surface area contributed by atoms with Crippen LogP contribution in [-0.4, -0.2) is 30.5 Å². The SMILES string of the molecule is NC(=O)[C@H](NC(=O)CCCCCNC(=O)OCc1ccccc1)C1CCCCC1. The largest absolute Gasteiger partial charge is 0.445 e. The van der Waals surface area contributed by atoms with Gasteiger partial charge in [-0.1, -0.05) is 56.0 Å². The van der Waals surface area contributed by atoms with Crippen LogP contribution in [0.5, 0.6) is 0 Å². The summed E-state index contributed by atoms with van der Waals surface area (Å²) in [6, 6.07) is 8.95. The third-order valence-electron chi connectivity index (χ3n) is 5.31. The molecule has 1 aliphatic rings. The van der Waals surface area contributed by atoms with E-state index in [1.807, 2.05) is 30.3 Å². The number of hydrogen-bond acceptors (Lipinski definition) is 4. The Morgan fingerprint density at radius 3 is 2.45 bits per heavy atom. The van der Waals surface area contributed by atoms with Crippen LogP contribution in [0.15, 0.2) is 30.3 Å². The molecule has 0 saturated heterocycles. The lowest BCUT2D eigenvalue weighted by Crippen LogP contribution is -2.49. The Labute approximate surface area is 172 Å². The summed E-state index contributed by atoms with van der Waals surface area (Å²) < 4.78 is 5.14. The second kappa shape index (κ2) is 12.8. The van der Waals surface area contributed by atoms with Gasteiger partial charge in [-0.05, 0) is 37.2 Å². The van der Waals surface area contributed by atoms with Gasteiger partial charge in [0.15, 0.2) is 0 Å². The molecule has 2 rings (SSSR count). The van der Waals surface area contributed by atoms with Crippen LogP contribution in [0, 0.1) is 5.92 Å². The Kier molecular flexibility index (Phi) is 10.0. The minimum Gasteiger partial charge on any atom is -0.445 e. The van der Waals surface area contributed by atoms with Gasteiger partial charge in [0.1, 0.15) is 12.6 Å². The topological polar surface area (TPSA) is 111 Å². The van der Waals surface area contributed by atoms with Gasteiger partial charge in [-0.25, -0.2) is 4.79 Å². The van der Waals surface area contributed by atoms with Crippen LogP contribution < -0.4 is 16.4 Å². The average molecular weight is 404 g/mol. The lowest BCUT2D eigenvalue weighted by molar-refractivity contribution is -0.129. The molecule has 4 N–H and O–H groups in total. The molecule has 0 spiro atoms.